The van der Waals surface area contributed by atoms with Crippen LogP contribution in [0.15, 0.2) is 83.3 Å². The molecule has 0 saturated heterocycles. The van der Waals surface area contributed by atoms with Crippen LogP contribution in [0.3, 0.4) is 0 Å². The SMILES string of the molecule is CCCOc1ccc(C2(c3ccc(Br)cc3)C=Cc3c(C(=O)OC4CCCCC4)c(C)c4ccccc4c3O2)cc1. The van der Waals surface area contributed by atoms with Crippen molar-refractivity contribution in [2.75, 3.05) is 6.61 Å². The van der Waals surface area contributed by atoms with Gasteiger partial charge in [0.25, 0.3) is 0 Å². The van der Waals surface area contributed by atoms with Gasteiger partial charge in [-0.1, -0.05) is 77.8 Å². The number of ether oxygens (including phenoxy) is 3. The molecule has 1 heterocycles. The molecular weight excluding hydrogens is 576 g/mol. The maximum atomic E-state index is 13.8. The van der Waals surface area contributed by atoms with Gasteiger partial charge in [0.15, 0.2) is 5.60 Å². The minimum Gasteiger partial charge on any atom is -0.494 e. The molecular formula is C36H35BrO4. The third-order valence-corrected chi connectivity index (χ3v) is 8.80. The fourth-order valence-electron chi connectivity index (χ4n) is 6.12. The third-order valence-electron chi connectivity index (χ3n) is 8.27. The monoisotopic (exact) mass is 610 g/mol. The molecule has 2 aliphatic rings. The Morgan fingerprint density at radius 1 is 0.927 bits per heavy atom. The van der Waals surface area contributed by atoms with Crippen LogP contribution in [0.25, 0.3) is 16.8 Å². The van der Waals surface area contributed by atoms with Crippen molar-refractivity contribution < 1.29 is 19.0 Å². The van der Waals surface area contributed by atoms with E-state index >= 15 is 0 Å². The minimum absolute atomic E-state index is 0.0263. The Morgan fingerprint density at radius 2 is 1.59 bits per heavy atom. The van der Waals surface area contributed by atoms with Gasteiger partial charge in [0.05, 0.1) is 12.2 Å². The molecule has 0 bridgehead atoms. The second-order valence-corrected chi connectivity index (χ2v) is 11.9. The van der Waals surface area contributed by atoms with Crippen LogP contribution in [0.1, 0.15) is 78.1 Å². The van der Waals surface area contributed by atoms with Gasteiger partial charge in [-0.15, -0.1) is 0 Å². The van der Waals surface area contributed by atoms with Crippen LogP contribution >= 0.6 is 15.9 Å². The molecule has 0 spiro atoms. The van der Waals surface area contributed by atoms with Gasteiger partial charge in [0.1, 0.15) is 17.6 Å². The molecule has 210 valence electrons. The molecule has 5 heteroatoms. The summed E-state index contributed by atoms with van der Waals surface area (Å²) in [6.07, 6.45) is 10.3. The number of rotatable bonds is 7. The molecule has 0 N–H and O–H groups in total. The number of benzene rings is 4. The number of aryl methyl sites for hydroxylation is 1. The Bertz CT molecular complexity index is 1580. The number of fused-ring (bicyclic) bond motifs is 3. The van der Waals surface area contributed by atoms with Gasteiger partial charge in [-0.05, 0) is 86.4 Å². The van der Waals surface area contributed by atoms with E-state index in [0.29, 0.717) is 17.9 Å². The first-order valence-electron chi connectivity index (χ1n) is 14.6. The molecule has 4 nitrogen and oxygen atoms in total. The summed E-state index contributed by atoms with van der Waals surface area (Å²) in [6, 6.07) is 24.5. The highest BCUT2D eigenvalue weighted by molar-refractivity contribution is 9.10. The highest BCUT2D eigenvalue weighted by Gasteiger charge is 2.39. The highest BCUT2D eigenvalue weighted by atomic mass is 79.9. The number of halogens is 1. The number of esters is 1. The molecule has 6 rings (SSSR count). The molecule has 0 amide bonds. The summed E-state index contributed by atoms with van der Waals surface area (Å²) in [5, 5.41) is 1.97. The molecule has 1 saturated carbocycles. The van der Waals surface area contributed by atoms with Crippen LogP contribution in [0, 0.1) is 6.92 Å². The van der Waals surface area contributed by atoms with Crippen LogP contribution in [0.4, 0.5) is 0 Å². The summed E-state index contributed by atoms with van der Waals surface area (Å²) in [4.78, 5) is 13.8. The lowest BCUT2D eigenvalue weighted by molar-refractivity contribution is 0.0209. The lowest BCUT2D eigenvalue weighted by Crippen LogP contribution is -2.35. The highest BCUT2D eigenvalue weighted by Crippen LogP contribution is 2.48. The summed E-state index contributed by atoms with van der Waals surface area (Å²) < 4.78 is 20.1. The maximum absolute atomic E-state index is 13.8. The Morgan fingerprint density at radius 3 is 2.27 bits per heavy atom. The number of hydrogen-bond acceptors (Lipinski definition) is 4. The van der Waals surface area contributed by atoms with Gasteiger partial charge in [-0.2, -0.15) is 0 Å². The van der Waals surface area contributed by atoms with Gasteiger partial charge in [-0.25, -0.2) is 4.79 Å². The van der Waals surface area contributed by atoms with E-state index in [1.807, 2.05) is 43.3 Å². The molecule has 1 fully saturated rings. The second kappa shape index (κ2) is 11.7. The van der Waals surface area contributed by atoms with Crippen LogP contribution in [0.5, 0.6) is 11.5 Å². The standard InChI is InChI=1S/C36H35BrO4/c1-3-23-39-28-19-15-26(16-20-28)36(25-13-17-27(37)18-14-25)22-21-32-33(35(38)40-29-9-5-4-6-10-29)24(2)30-11-7-8-12-31(30)34(32)41-36/h7-8,11-22,29H,3-6,9-10,23H2,1-2H3. The van der Waals surface area contributed by atoms with Gasteiger partial charge in [0.2, 0.25) is 0 Å². The Labute approximate surface area is 250 Å². The molecule has 1 aliphatic heterocycles. The van der Waals surface area contributed by atoms with Crippen molar-refractivity contribution in [3.05, 3.63) is 111 Å². The van der Waals surface area contributed by atoms with Crippen molar-refractivity contribution >= 4 is 38.7 Å². The second-order valence-electron chi connectivity index (χ2n) is 11.0. The molecule has 0 aromatic heterocycles. The number of hydrogen-bond donors (Lipinski definition) is 0. The zero-order chi connectivity index (χ0) is 28.4. The first-order chi connectivity index (χ1) is 20.0. The van der Waals surface area contributed by atoms with E-state index in [-0.39, 0.29) is 12.1 Å². The zero-order valence-electron chi connectivity index (χ0n) is 23.6. The van der Waals surface area contributed by atoms with Crippen molar-refractivity contribution in [3.63, 3.8) is 0 Å². The average molecular weight is 612 g/mol. The molecule has 41 heavy (non-hydrogen) atoms. The molecule has 0 radical (unpaired) electrons. The van der Waals surface area contributed by atoms with Gasteiger partial charge in [0, 0.05) is 26.5 Å². The lowest BCUT2D eigenvalue weighted by atomic mass is 9.82. The van der Waals surface area contributed by atoms with E-state index in [9.17, 15) is 4.79 Å². The van der Waals surface area contributed by atoms with Crippen molar-refractivity contribution in [1.29, 1.82) is 0 Å². The molecule has 4 aromatic carbocycles. The van der Waals surface area contributed by atoms with E-state index in [4.69, 9.17) is 14.2 Å². The average Bonchev–Trinajstić information content (AvgIpc) is 3.01. The fourth-order valence-corrected chi connectivity index (χ4v) is 6.38. The zero-order valence-corrected chi connectivity index (χ0v) is 25.2. The van der Waals surface area contributed by atoms with Crippen molar-refractivity contribution in [3.8, 4) is 11.5 Å². The van der Waals surface area contributed by atoms with Gasteiger partial charge in [-0.3, -0.25) is 0 Å². The van der Waals surface area contributed by atoms with Crippen molar-refractivity contribution in [2.45, 2.75) is 64.1 Å². The third kappa shape index (κ3) is 5.28. The minimum atomic E-state index is -0.903. The van der Waals surface area contributed by atoms with E-state index < -0.39 is 5.60 Å². The normalized spacial score (nSPS) is 18.5. The molecule has 1 unspecified atom stereocenters. The summed E-state index contributed by atoms with van der Waals surface area (Å²) in [7, 11) is 0. The lowest BCUT2D eigenvalue weighted by Gasteiger charge is -2.37. The summed E-state index contributed by atoms with van der Waals surface area (Å²) in [5.41, 5.74) is 3.34. The van der Waals surface area contributed by atoms with Crippen molar-refractivity contribution in [1.82, 2.24) is 0 Å². The largest absolute Gasteiger partial charge is 0.494 e. The summed E-state index contributed by atoms with van der Waals surface area (Å²) in [6.45, 7) is 4.78. The van der Waals surface area contributed by atoms with Gasteiger partial charge >= 0.3 is 5.97 Å². The van der Waals surface area contributed by atoms with Crippen molar-refractivity contribution in [2.24, 2.45) is 0 Å². The van der Waals surface area contributed by atoms with Crippen LogP contribution in [0.2, 0.25) is 0 Å². The van der Waals surface area contributed by atoms with E-state index in [1.165, 1.54) is 6.42 Å². The predicted octanol–water partition coefficient (Wildman–Crippen LogP) is 9.54. The van der Waals surface area contributed by atoms with E-state index in [0.717, 1.165) is 75.4 Å². The maximum Gasteiger partial charge on any atom is 0.339 e. The first-order valence-corrected chi connectivity index (χ1v) is 15.4. The predicted molar refractivity (Wildman–Crippen MR) is 168 cm³/mol. The first kappa shape index (κ1) is 27.6. The van der Waals surface area contributed by atoms with E-state index in [2.05, 4.69) is 71.4 Å². The molecule has 1 aliphatic carbocycles. The Hall–Kier alpha value is -3.57. The quantitative estimate of drug-likeness (QED) is 0.195. The smallest absolute Gasteiger partial charge is 0.339 e. The van der Waals surface area contributed by atoms with Gasteiger partial charge < -0.3 is 14.2 Å². The van der Waals surface area contributed by atoms with Crippen LogP contribution in [-0.2, 0) is 10.3 Å². The topological polar surface area (TPSA) is 44.8 Å². The van der Waals surface area contributed by atoms with E-state index in [1.54, 1.807) is 0 Å². The van der Waals surface area contributed by atoms with Crippen LogP contribution in [-0.4, -0.2) is 18.7 Å². The number of carbonyl (C=O) groups is 1. The molecule has 4 aromatic rings. The fraction of sp³-hybridized carbons (Fsp3) is 0.306. The summed E-state index contributed by atoms with van der Waals surface area (Å²) >= 11 is 3.58. The van der Waals surface area contributed by atoms with Crippen LogP contribution < -0.4 is 9.47 Å². The molecule has 1 atom stereocenters. The number of carbonyl (C=O) groups excluding carboxylic acids is 1. The Balaban J connectivity index is 1.50. The Kier molecular flexibility index (Phi) is 7.90. The summed E-state index contributed by atoms with van der Waals surface area (Å²) in [5.74, 6) is 1.26.